The van der Waals surface area contributed by atoms with Gasteiger partial charge in [-0.25, -0.2) is 0 Å². The lowest BCUT2D eigenvalue weighted by molar-refractivity contribution is -0.122. The van der Waals surface area contributed by atoms with Crippen molar-refractivity contribution in [3.05, 3.63) is 83.9 Å². The third kappa shape index (κ3) is 4.92. The van der Waals surface area contributed by atoms with Crippen LogP contribution < -0.4 is 15.1 Å². The van der Waals surface area contributed by atoms with Gasteiger partial charge in [-0.2, -0.15) is 0 Å². The summed E-state index contributed by atoms with van der Waals surface area (Å²) in [6.07, 6.45) is 0.229. The van der Waals surface area contributed by atoms with E-state index >= 15 is 0 Å². The summed E-state index contributed by atoms with van der Waals surface area (Å²) >= 11 is 0. The molecule has 0 radical (unpaired) electrons. The van der Waals surface area contributed by atoms with Crippen molar-refractivity contribution in [3.63, 3.8) is 0 Å². The fraction of sp³-hybridized carbons (Fsp3) is 0.286. The highest BCUT2D eigenvalue weighted by Crippen LogP contribution is 2.31. The first kappa shape index (κ1) is 22.6. The zero-order valence-corrected chi connectivity index (χ0v) is 19.7. The van der Waals surface area contributed by atoms with Crippen LogP contribution in [-0.2, 0) is 9.59 Å². The zero-order valence-electron chi connectivity index (χ0n) is 19.7. The van der Waals surface area contributed by atoms with E-state index in [0.717, 1.165) is 33.9 Å². The molecule has 1 aliphatic rings. The van der Waals surface area contributed by atoms with E-state index in [1.54, 1.807) is 4.90 Å². The number of benzene rings is 3. The predicted octanol–water partition coefficient (Wildman–Crippen LogP) is 5.84. The van der Waals surface area contributed by atoms with Crippen LogP contribution in [0.1, 0.15) is 31.4 Å². The molecule has 0 bridgehead atoms. The van der Waals surface area contributed by atoms with E-state index in [2.05, 4.69) is 36.2 Å². The Morgan fingerprint density at radius 2 is 1.64 bits per heavy atom. The van der Waals surface area contributed by atoms with Crippen LogP contribution in [0.15, 0.2) is 72.8 Å². The van der Waals surface area contributed by atoms with Gasteiger partial charge in [0.15, 0.2) is 0 Å². The Hall–Kier alpha value is -3.60. The second kappa shape index (κ2) is 9.49. The van der Waals surface area contributed by atoms with Crippen molar-refractivity contribution < 1.29 is 9.59 Å². The lowest BCUT2D eigenvalue weighted by Crippen LogP contribution is -2.28. The number of para-hydroxylation sites is 1. The van der Waals surface area contributed by atoms with Crippen molar-refractivity contribution in [2.75, 3.05) is 21.7 Å². The maximum absolute atomic E-state index is 12.9. The Labute approximate surface area is 196 Å². The molecule has 1 heterocycles. The van der Waals surface area contributed by atoms with E-state index in [4.69, 9.17) is 0 Å². The summed E-state index contributed by atoms with van der Waals surface area (Å²) in [5.74, 6) is -0.490. The number of amides is 2. The molecule has 0 saturated carbocycles. The smallest absolute Gasteiger partial charge is 0.229 e. The fourth-order valence-electron chi connectivity index (χ4n) is 4.41. The number of hydrogen-bond acceptors (Lipinski definition) is 3. The van der Waals surface area contributed by atoms with Crippen molar-refractivity contribution in [1.82, 2.24) is 0 Å². The largest absolute Gasteiger partial charge is 0.339 e. The summed E-state index contributed by atoms with van der Waals surface area (Å²) in [5, 5.41) is 3.00. The topological polar surface area (TPSA) is 52.7 Å². The number of nitrogens with zero attached hydrogens (tertiary/aromatic N) is 2. The van der Waals surface area contributed by atoms with Crippen LogP contribution in [0.5, 0.6) is 0 Å². The van der Waals surface area contributed by atoms with Crippen molar-refractivity contribution in [2.45, 2.75) is 40.2 Å². The lowest BCUT2D eigenvalue weighted by atomic mass is 10.1. The zero-order chi connectivity index (χ0) is 23.5. The van der Waals surface area contributed by atoms with E-state index in [0.29, 0.717) is 6.54 Å². The normalized spacial score (nSPS) is 15.7. The average molecular weight is 442 g/mol. The first-order valence-corrected chi connectivity index (χ1v) is 11.5. The minimum atomic E-state index is -0.367. The van der Waals surface area contributed by atoms with Crippen molar-refractivity contribution in [1.29, 1.82) is 0 Å². The molecule has 5 heteroatoms. The molecule has 2 amide bonds. The minimum absolute atomic E-state index is 0.00497. The lowest BCUT2D eigenvalue weighted by Gasteiger charge is -2.29. The Balaban J connectivity index is 1.45. The Morgan fingerprint density at radius 3 is 2.30 bits per heavy atom. The molecular formula is C28H31N3O2. The molecule has 170 valence electrons. The molecule has 1 unspecified atom stereocenters. The molecule has 0 aliphatic carbocycles. The molecule has 0 spiro atoms. The Kier molecular flexibility index (Phi) is 6.50. The van der Waals surface area contributed by atoms with Gasteiger partial charge in [0, 0.05) is 41.8 Å². The summed E-state index contributed by atoms with van der Waals surface area (Å²) in [5.41, 5.74) is 5.96. The minimum Gasteiger partial charge on any atom is -0.339 e. The first-order valence-electron chi connectivity index (χ1n) is 11.5. The molecule has 4 rings (SSSR count). The molecule has 3 aromatic rings. The van der Waals surface area contributed by atoms with Crippen LogP contribution in [0.2, 0.25) is 0 Å². The van der Waals surface area contributed by atoms with E-state index in [1.807, 2.05) is 74.5 Å². The summed E-state index contributed by atoms with van der Waals surface area (Å²) in [7, 11) is 0. The van der Waals surface area contributed by atoms with Gasteiger partial charge in [-0.1, -0.05) is 30.3 Å². The highest BCUT2D eigenvalue weighted by molar-refractivity contribution is 6.04. The molecule has 1 aliphatic heterocycles. The monoisotopic (exact) mass is 441 g/mol. The van der Waals surface area contributed by atoms with Crippen molar-refractivity contribution in [2.24, 2.45) is 5.92 Å². The van der Waals surface area contributed by atoms with Crippen LogP contribution in [0.4, 0.5) is 22.7 Å². The number of carbonyl (C=O) groups is 2. The first-order chi connectivity index (χ1) is 15.8. The SMILES string of the molecule is Cc1ccc(C)c(N2CC(C(=O)Nc3ccc(N(c4ccccc4)C(C)C)cc3)CC2=O)c1. The molecule has 33 heavy (non-hydrogen) atoms. The van der Waals surface area contributed by atoms with Gasteiger partial charge in [-0.15, -0.1) is 0 Å². The van der Waals surface area contributed by atoms with E-state index < -0.39 is 0 Å². The van der Waals surface area contributed by atoms with E-state index in [9.17, 15) is 9.59 Å². The van der Waals surface area contributed by atoms with Crippen molar-refractivity contribution >= 4 is 34.6 Å². The fourth-order valence-corrected chi connectivity index (χ4v) is 4.41. The Bertz CT molecular complexity index is 1140. The molecule has 1 fully saturated rings. The van der Waals surface area contributed by atoms with Crippen LogP contribution in [0.3, 0.4) is 0 Å². The molecular weight excluding hydrogens is 410 g/mol. The second-order valence-corrected chi connectivity index (χ2v) is 9.03. The van der Waals surface area contributed by atoms with E-state index in [1.165, 1.54) is 0 Å². The highest BCUT2D eigenvalue weighted by atomic mass is 16.2. The molecule has 3 aromatic carbocycles. The highest BCUT2D eigenvalue weighted by Gasteiger charge is 2.35. The van der Waals surface area contributed by atoms with Crippen LogP contribution in [0.25, 0.3) is 0 Å². The maximum Gasteiger partial charge on any atom is 0.229 e. The second-order valence-electron chi connectivity index (χ2n) is 9.03. The van der Waals surface area contributed by atoms with Gasteiger partial charge in [0.05, 0.1) is 5.92 Å². The molecule has 1 saturated heterocycles. The number of nitrogens with one attached hydrogen (secondary N) is 1. The molecule has 1 N–H and O–H groups in total. The number of hydrogen-bond donors (Lipinski definition) is 1. The Morgan fingerprint density at radius 1 is 0.970 bits per heavy atom. The number of carbonyl (C=O) groups excluding carboxylic acids is 2. The summed E-state index contributed by atoms with van der Waals surface area (Å²) in [4.78, 5) is 29.6. The van der Waals surface area contributed by atoms with Gasteiger partial charge < -0.3 is 15.1 Å². The third-order valence-electron chi connectivity index (χ3n) is 6.12. The molecule has 5 nitrogen and oxygen atoms in total. The maximum atomic E-state index is 12.9. The standard InChI is InChI=1S/C28H31N3O2/c1-19(2)31(24-8-6-5-7-9-24)25-14-12-23(13-15-25)29-28(33)22-17-27(32)30(18-22)26-16-20(3)10-11-21(26)4/h5-16,19,22H,17-18H2,1-4H3,(H,29,33). The van der Waals surface area contributed by atoms with Crippen LogP contribution in [-0.4, -0.2) is 24.4 Å². The predicted molar refractivity (Wildman–Crippen MR) is 135 cm³/mol. The summed E-state index contributed by atoms with van der Waals surface area (Å²) in [6.45, 7) is 8.72. The third-order valence-corrected chi connectivity index (χ3v) is 6.12. The van der Waals surface area contributed by atoms with Gasteiger partial charge in [0.1, 0.15) is 0 Å². The quantitative estimate of drug-likeness (QED) is 0.523. The molecule has 1 atom stereocenters. The van der Waals surface area contributed by atoms with Crippen LogP contribution in [0, 0.1) is 19.8 Å². The van der Waals surface area contributed by atoms with Gasteiger partial charge in [0.2, 0.25) is 11.8 Å². The summed E-state index contributed by atoms with van der Waals surface area (Å²) < 4.78 is 0. The number of rotatable bonds is 6. The summed E-state index contributed by atoms with van der Waals surface area (Å²) in [6, 6.07) is 24.5. The van der Waals surface area contributed by atoms with Gasteiger partial charge in [-0.3, -0.25) is 9.59 Å². The average Bonchev–Trinajstić information content (AvgIpc) is 3.19. The van der Waals surface area contributed by atoms with Gasteiger partial charge in [0.25, 0.3) is 0 Å². The van der Waals surface area contributed by atoms with E-state index in [-0.39, 0.29) is 30.2 Å². The molecule has 0 aromatic heterocycles. The van der Waals surface area contributed by atoms with Gasteiger partial charge >= 0.3 is 0 Å². The van der Waals surface area contributed by atoms with Crippen LogP contribution >= 0.6 is 0 Å². The van der Waals surface area contributed by atoms with Crippen molar-refractivity contribution in [3.8, 4) is 0 Å². The number of anilines is 4. The van der Waals surface area contributed by atoms with Gasteiger partial charge in [-0.05, 0) is 81.3 Å². The number of aryl methyl sites for hydroxylation is 2.